The highest BCUT2D eigenvalue weighted by Crippen LogP contribution is 2.28. The van der Waals surface area contributed by atoms with E-state index >= 15 is 0 Å². The molecule has 0 saturated carbocycles. The number of carbonyl (C=O) groups excluding carboxylic acids is 1. The Balaban J connectivity index is 1.45. The van der Waals surface area contributed by atoms with Gasteiger partial charge in [0.1, 0.15) is 36.9 Å². The zero-order valence-electron chi connectivity index (χ0n) is 19.6. The first-order chi connectivity index (χ1) is 17.7. The lowest BCUT2D eigenvalue weighted by atomic mass is 10.0. The van der Waals surface area contributed by atoms with Crippen molar-refractivity contribution in [2.45, 2.75) is 44.7 Å². The molecule has 2 aromatic heterocycles. The topological polar surface area (TPSA) is 142 Å². The Morgan fingerprint density at radius 1 is 1.38 bits per heavy atom. The van der Waals surface area contributed by atoms with Crippen LogP contribution in [0.25, 0.3) is 11.4 Å². The Morgan fingerprint density at radius 3 is 2.89 bits per heavy atom. The summed E-state index contributed by atoms with van der Waals surface area (Å²) in [4.78, 5) is 25.6. The summed E-state index contributed by atoms with van der Waals surface area (Å²) in [7, 11) is 0. The van der Waals surface area contributed by atoms with Gasteiger partial charge < -0.3 is 20.1 Å². The molecule has 0 aliphatic carbocycles. The maximum absolute atomic E-state index is 14.7. The number of likely N-dealkylation sites (tertiary alicyclic amines) is 1. The number of nitrogens with zero attached hydrogens (tertiary/aromatic N) is 7. The standard InChI is InChI=1S/C23H23F3N8O3/c1-13(35)22(36)33-5-4-19(17(24)10-33)37-18-3-2-14(6-15(18)7-27)21-28-12-29-23(32-21)31-16-8-30-34(9-16)11-20(25)26/h2-3,6,8-9,12-13,17,19-20,35H,4-5,10-11H2,1H3,(H,28,29,31,32)/t13-,17-,19-/m0/s1. The highest BCUT2D eigenvalue weighted by molar-refractivity contribution is 5.80. The van der Waals surface area contributed by atoms with E-state index in [9.17, 15) is 28.3 Å². The van der Waals surface area contributed by atoms with Gasteiger partial charge in [0.25, 0.3) is 12.3 Å². The third-order valence-electron chi connectivity index (χ3n) is 5.57. The summed E-state index contributed by atoms with van der Waals surface area (Å²) >= 11 is 0. The van der Waals surface area contributed by atoms with Gasteiger partial charge in [0, 0.05) is 24.7 Å². The molecular weight excluding hydrogens is 493 g/mol. The molecule has 2 N–H and O–H groups in total. The first kappa shape index (κ1) is 25.8. The van der Waals surface area contributed by atoms with Crippen LogP contribution in [0.4, 0.5) is 24.8 Å². The maximum Gasteiger partial charge on any atom is 0.257 e. The van der Waals surface area contributed by atoms with Crippen molar-refractivity contribution >= 4 is 17.5 Å². The highest BCUT2D eigenvalue weighted by atomic mass is 19.3. The smallest absolute Gasteiger partial charge is 0.257 e. The number of aliphatic hydroxyl groups excluding tert-OH is 1. The monoisotopic (exact) mass is 516 g/mol. The maximum atomic E-state index is 14.7. The van der Waals surface area contributed by atoms with E-state index in [0.29, 0.717) is 11.3 Å². The zero-order chi connectivity index (χ0) is 26.5. The van der Waals surface area contributed by atoms with Gasteiger partial charge in [-0.15, -0.1) is 0 Å². The number of rotatable bonds is 8. The number of anilines is 2. The fraction of sp³-hybridized carbons (Fsp3) is 0.391. The third kappa shape index (κ3) is 6.31. The molecule has 1 fully saturated rings. The molecule has 1 aromatic carbocycles. The molecule has 1 amide bonds. The number of ether oxygens (including phenoxy) is 1. The lowest BCUT2D eigenvalue weighted by Gasteiger charge is -2.35. The summed E-state index contributed by atoms with van der Waals surface area (Å²) in [6, 6.07) is 6.63. The SMILES string of the molecule is C[C@H](O)C(=O)N1CC[C@H](Oc2ccc(-c3ncnc(Nc4cnn(CC(F)F)c4)n3)cc2C#N)[C@@H](F)C1. The van der Waals surface area contributed by atoms with Crippen molar-refractivity contribution in [3.63, 3.8) is 0 Å². The zero-order valence-corrected chi connectivity index (χ0v) is 19.6. The van der Waals surface area contributed by atoms with Crippen LogP contribution in [0, 0.1) is 11.3 Å². The number of aromatic nitrogens is 5. The number of nitriles is 1. The molecule has 0 spiro atoms. The van der Waals surface area contributed by atoms with Crippen LogP contribution >= 0.6 is 0 Å². The third-order valence-corrected chi connectivity index (χ3v) is 5.57. The van der Waals surface area contributed by atoms with E-state index in [-0.39, 0.29) is 42.6 Å². The first-order valence-electron chi connectivity index (χ1n) is 11.3. The number of hydrogen-bond donors (Lipinski definition) is 2. The fourth-order valence-corrected chi connectivity index (χ4v) is 3.80. The molecule has 3 atom stereocenters. The van der Waals surface area contributed by atoms with Gasteiger partial charge in [-0.3, -0.25) is 9.48 Å². The van der Waals surface area contributed by atoms with E-state index in [1.54, 1.807) is 6.07 Å². The molecular formula is C23H23F3N8O3. The van der Waals surface area contributed by atoms with Gasteiger partial charge in [0.2, 0.25) is 5.95 Å². The van der Waals surface area contributed by atoms with E-state index in [2.05, 4.69) is 25.4 Å². The molecule has 14 heteroatoms. The Kier molecular flexibility index (Phi) is 7.83. The van der Waals surface area contributed by atoms with Gasteiger partial charge in [0.15, 0.2) is 12.0 Å². The number of halogens is 3. The number of aliphatic hydroxyl groups is 1. The molecule has 3 heterocycles. The van der Waals surface area contributed by atoms with Crippen LogP contribution in [0.2, 0.25) is 0 Å². The molecule has 1 saturated heterocycles. The van der Waals surface area contributed by atoms with E-state index in [4.69, 9.17) is 4.74 Å². The molecule has 3 aromatic rings. The van der Waals surface area contributed by atoms with Crippen molar-refractivity contribution in [1.29, 1.82) is 5.26 Å². The minimum absolute atomic E-state index is 0.135. The predicted octanol–water partition coefficient (Wildman–Crippen LogP) is 2.31. The quantitative estimate of drug-likeness (QED) is 0.461. The second-order valence-corrected chi connectivity index (χ2v) is 8.34. The van der Waals surface area contributed by atoms with E-state index in [1.165, 1.54) is 42.7 Å². The van der Waals surface area contributed by atoms with Crippen LogP contribution < -0.4 is 10.1 Å². The van der Waals surface area contributed by atoms with Gasteiger partial charge in [-0.2, -0.15) is 15.3 Å². The van der Waals surface area contributed by atoms with Crippen LogP contribution in [0.1, 0.15) is 18.9 Å². The molecule has 0 bridgehead atoms. The summed E-state index contributed by atoms with van der Waals surface area (Å²) in [6.45, 7) is 0.791. The van der Waals surface area contributed by atoms with Crippen molar-refractivity contribution in [1.82, 2.24) is 29.6 Å². The van der Waals surface area contributed by atoms with Crippen LogP contribution in [0.15, 0.2) is 36.9 Å². The second kappa shape index (κ2) is 11.2. The summed E-state index contributed by atoms with van der Waals surface area (Å²) in [6.07, 6.45) is -1.92. The van der Waals surface area contributed by atoms with Crippen molar-refractivity contribution in [2.24, 2.45) is 0 Å². The summed E-state index contributed by atoms with van der Waals surface area (Å²) < 4.78 is 46.6. The van der Waals surface area contributed by atoms with Gasteiger partial charge in [0.05, 0.1) is 24.0 Å². The average Bonchev–Trinajstić information content (AvgIpc) is 3.30. The molecule has 194 valence electrons. The van der Waals surface area contributed by atoms with Gasteiger partial charge >= 0.3 is 0 Å². The van der Waals surface area contributed by atoms with Crippen molar-refractivity contribution < 1.29 is 27.8 Å². The lowest BCUT2D eigenvalue weighted by molar-refractivity contribution is -0.143. The molecule has 37 heavy (non-hydrogen) atoms. The second-order valence-electron chi connectivity index (χ2n) is 8.34. The Labute approximate surface area is 209 Å². The number of hydrogen-bond acceptors (Lipinski definition) is 9. The van der Waals surface area contributed by atoms with E-state index in [0.717, 1.165) is 4.68 Å². The minimum atomic E-state index is -2.54. The van der Waals surface area contributed by atoms with Crippen LogP contribution in [-0.2, 0) is 11.3 Å². The van der Waals surface area contributed by atoms with Crippen LogP contribution in [0.5, 0.6) is 5.75 Å². The number of carbonyl (C=O) groups is 1. The molecule has 11 nitrogen and oxygen atoms in total. The summed E-state index contributed by atoms with van der Waals surface area (Å²) in [5.74, 6) is -0.00235. The number of nitrogens with one attached hydrogen (secondary N) is 1. The van der Waals surface area contributed by atoms with E-state index < -0.39 is 37.3 Å². The van der Waals surface area contributed by atoms with Crippen molar-refractivity contribution in [3.8, 4) is 23.2 Å². The number of amides is 1. The Hall–Kier alpha value is -4.25. The molecule has 0 radical (unpaired) electrons. The lowest BCUT2D eigenvalue weighted by Crippen LogP contribution is -2.51. The number of piperidine rings is 1. The molecule has 1 aliphatic heterocycles. The molecule has 1 aliphatic rings. The average molecular weight is 516 g/mol. The minimum Gasteiger partial charge on any atom is -0.486 e. The van der Waals surface area contributed by atoms with E-state index in [1.807, 2.05) is 6.07 Å². The molecule has 0 unspecified atom stereocenters. The molecule has 4 rings (SSSR count). The van der Waals surface area contributed by atoms with Gasteiger partial charge in [-0.05, 0) is 25.1 Å². The summed E-state index contributed by atoms with van der Waals surface area (Å²) in [5.41, 5.74) is 1.01. The number of alkyl halides is 3. The van der Waals surface area contributed by atoms with Crippen molar-refractivity contribution in [3.05, 3.63) is 42.5 Å². The largest absolute Gasteiger partial charge is 0.486 e. The normalized spacial score (nSPS) is 18.4. The van der Waals surface area contributed by atoms with Gasteiger partial charge in [-0.1, -0.05) is 0 Å². The van der Waals surface area contributed by atoms with Crippen LogP contribution in [-0.4, -0.2) is 78.5 Å². The van der Waals surface area contributed by atoms with Crippen molar-refractivity contribution in [2.75, 3.05) is 18.4 Å². The van der Waals surface area contributed by atoms with Gasteiger partial charge in [-0.25, -0.2) is 23.1 Å². The van der Waals surface area contributed by atoms with Crippen LogP contribution in [0.3, 0.4) is 0 Å². The first-order valence-corrected chi connectivity index (χ1v) is 11.3. The Morgan fingerprint density at radius 2 is 2.19 bits per heavy atom. The fourth-order valence-electron chi connectivity index (χ4n) is 3.80. The Bertz CT molecular complexity index is 1300. The predicted molar refractivity (Wildman–Crippen MR) is 124 cm³/mol. The number of benzene rings is 1. The highest BCUT2D eigenvalue weighted by Gasteiger charge is 2.34. The summed E-state index contributed by atoms with van der Waals surface area (Å²) in [5, 5.41) is 25.8.